The molecule has 0 aromatic carbocycles. The molecule has 1 aromatic rings. The first kappa shape index (κ1) is 15.8. The number of aromatic nitrogens is 1. The number of hydrogen-bond donors (Lipinski definition) is 1. The van der Waals surface area contributed by atoms with Gasteiger partial charge < -0.3 is 10.6 Å². The number of amides is 1. The Balaban J connectivity index is 0.00000180. The summed E-state index contributed by atoms with van der Waals surface area (Å²) >= 11 is 0. The Morgan fingerprint density at radius 3 is 2.63 bits per heavy atom. The van der Waals surface area contributed by atoms with Crippen LogP contribution in [-0.4, -0.2) is 29.4 Å². The third kappa shape index (κ3) is 4.39. The normalized spacial score (nSPS) is 15.6. The summed E-state index contributed by atoms with van der Waals surface area (Å²) in [5.74, 6) is 0.641. The molecule has 0 aliphatic heterocycles. The highest BCUT2D eigenvalue weighted by atomic mass is 35.5. The lowest BCUT2D eigenvalue weighted by atomic mass is 9.89. The lowest BCUT2D eigenvalue weighted by Gasteiger charge is -2.26. The van der Waals surface area contributed by atoms with E-state index in [9.17, 15) is 4.79 Å². The molecule has 1 heterocycles. The standard InChI is InChI=1S/C14H21N3O.ClH/c1-17(10-11-5-3-2-4-6-11)14(18)13-8-7-12(15)9-16-13;/h7-9,11H,2-6,10,15H2,1H3;1H. The van der Waals surface area contributed by atoms with E-state index in [4.69, 9.17) is 5.73 Å². The van der Waals surface area contributed by atoms with Crippen molar-refractivity contribution in [2.75, 3.05) is 19.3 Å². The van der Waals surface area contributed by atoms with Crippen molar-refractivity contribution in [2.24, 2.45) is 5.92 Å². The fourth-order valence-electron chi connectivity index (χ4n) is 2.57. The van der Waals surface area contributed by atoms with Gasteiger partial charge in [-0.05, 0) is 30.9 Å². The molecule has 1 aromatic heterocycles. The third-order valence-corrected chi connectivity index (χ3v) is 3.61. The molecule has 1 saturated carbocycles. The van der Waals surface area contributed by atoms with Gasteiger partial charge in [-0.3, -0.25) is 4.79 Å². The summed E-state index contributed by atoms with van der Waals surface area (Å²) in [5, 5.41) is 0. The van der Waals surface area contributed by atoms with E-state index in [1.807, 2.05) is 7.05 Å². The van der Waals surface area contributed by atoms with Crippen molar-refractivity contribution in [2.45, 2.75) is 32.1 Å². The molecule has 1 aliphatic rings. The van der Waals surface area contributed by atoms with Gasteiger partial charge in [0, 0.05) is 13.6 Å². The first-order valence-electron chi connectivity index (χ1n) is 6.64. The molecule has 2 N–H and O–H groups in total. The fourth-order valence-corrected chi connectivity index (χ4v) is 2.57. The van der Waals surface area contributed by atoms with Crippen LogP contribution in [-0.2, 0) is 0 Å². The second-order valence-corrected chi connectivity index (χ2v) is 5.17. The maximum absolute atomic E-state index is 12.2. The van der Waals surface area contributed by atoms with Gasteiger partial charge in [0.15, 0.2) is 0 Å². The topological polar surface area (TPSA) is 59.2 Å². The molecule has 0 saturated heterocycles. The molecule has 0 radical (unpaired) electrons. The predicted octanol–water partition coefficient (Wildman–Crippen LogP) is 2.74. The van der Waals surface area contributed by atoms with Crippen LogP contribution in [0.15, 0.2) is 18.3 Å². The number of nitrogens with zero attached hydrogens (tertiary/aromatic N) is 2. The zero-order chi connectivity index (χ0) is 13.0. The molecule has 0 unspecified atom stereocenters. The van der Waals surface area contributed by atoms with Gasteiger partial charge in [0.25, 0.3) is 5.91 Å². The van der Waals surface area contributed by atoms with Crippen molar-refractivity contribution in [1.29, 1.82) is 0 Å². The molecule has 0 bridgehead atoms. The summed E-state index contributed by atoms with van der Waals surface area (Å²) in [6, 6.07) is 3.41. The molecule has 0 atom stereocenters. The van der Waals surface area contributed by atoms with Crippen molar-refractivity contribution < 1.29 is 4.79 Å². The fraction of sp³-hybridized carbons (Fsp3) is 0.571. The highest BCUT2D eigenvalue weighted by Crippen LogP contribution is 2.24. The van der Waals surface area contributed by atoms with Gasteiger partial charge in [-0.1, -0.05) is 19.3 Å². The quantitative estimate of drug-likeness (QED) is 0.928. The number of nitrogen functional groups attached to an aromatic ring is 1. The second kappa shape index (κ2) is 7.34. The van der Waals surface area contributed by atoms with Gasteiger partial charge in [-0.25, -0.2) is 4.98 Å². The minimum absolute atomic E-state index is 0. The van der Waals surface area contributed by atoms with Gasteiger partial charge in [0.2, 0.25) is 0 Å². The van der Waals surface area contributed by atoms with E-state index >= 15 is 0 Å². The van der Waals surface area contributed by atoms with Crippen LogP contribution < -0.4 is 5.73 Å². The van der Waals surface area contributed by atoms with Gasteiger partial charge in [-0.15, -0.1) is 12.4 Å². The van der Waals surface area contributed by atoms with Crippen molar-refractivity contribution in [1.82, 2.24) is 9.88 Å². The van der Waals surface area contributed by atoms with E-state index in [2.05, 4.69) is 4.98 Å². The molecule has 106 valence electrons. The summed E-state index contributed by atoms with van der Waals surface area (Å²) in [6.45, 7) is 0.838. The maximum Gasteiger partial charge on any atom is 0.272 e. The van der Waals surface area contributed by atoms with Gasteiger partial charge in [-0.2, -0.15) is 0 Å². The van der Waals surface area contributed by atoms with E-state index in [-0.39, 0.29) is 18.3 Å². The number of carbonyl (C=O) groups is 1. The molecule has 0 spiro atoms. The first-order chi connectivity index (χ1) is 8.66. The van der Waals surface area contributed by atoms with Crippen molar-refractivity contribution in [3.63, 3.8) is 0 Å². The van der Waals surface area contributed by atoms with E-state index in [0.717, 1.165) is 6.54 Å². The first-order valence-corrected chi connectivity index (χ1v) is 6.64. The average molecular weight is 284 g/mol. The monoisotopic (exact) mass is 283 g/mol. The Labute approximate surface area is 120 Å². The Bertz CT molecular complexity index is 402. The summed E-state index contributed by atoms with van der Waals surface area (Å²) in [7, 11) is 1.86. The minimum atomic E-state index is -0.0134. The van der Waals surface area contributed by atoms with E-state index in [0.29, 0.717) is 17.3 Å². The van der Waals surface area contributed by atoms with Crippen LogP contribution in [0.3, 0.4) is 0 Å². The SMILES string of the molecule is CN(CC1CCCCC1)C(=O)c1ccc(N)cn1.Cl. The Hall–Kier alpha value is -1.29. The zero-order valence-corrected chi connectivity index (χ0v) is 12.2. The lowest BCUT2D eigenvalue weighted by Crippen LogP contribution is -2.33. The molecule has 2 rings (SSSR count). The molecule has 5 heteroatoms. The van der Waals surface area contributed by atoms with Crippen LogP contribution in [0.1, 0.15) is 42.6 Å². The predicted molar refractivity (Wildman–Crippen MR) is 79.4 cm³/mol. The van der Waals surface area contributed by atoms with Crippen LogP contribution in [0.25, 0.3) is 0 Å². The second-order valence-electron chi connectivity index (χ2n) is 5.17. The van der Waals surface area contributed by atoms with Crippen LogP contribution in [0, 0.1) is 5.92 Å². The number of rotatable bonds is 3. The Morgan fingerprint density at radius 1 is 1.37 bits per heavy atom. The number of pyridine rings is 1. The lowest BCUT2D eigenvalue weighted by molar-refractivity contribution is 0.0755. The smallest absolute Gasteiger partial charge is 0.272 e. The van der Waals surface area contributed by atoms with E-state index in [1.54, 1.807) is 17.0 Å². The molecule has 1 amide bonds. The van der Waals surface area contributed by atoms with Crippen molar-refractivity contribution in [3.05, 3.63) is 24.0 Å². The highest BCUT2D eigenvalue weighted by molar-refractivity contribution is 5.92. The van der Waals surface area contributed by atoms with Gasteiger partial charge in [0.05, 0.1) is 11.9 Å². The summed E-state index contributed by atoms with van der Waals surface area (Å²) in [5.41, 5.74) is 6.62. The zero-order valence-electron chi connectivity index (χ0n) is 11.3. The molecule has 4 nitrogen and oxygen atoms in total. The Kier molecular flexibility index (Phi) is 6.09. The number of hydrogen-bond acceptors (Lipinski definition) is 3. The van der Waals surface area contributed by atoms with Crippen molar-refractivity contribution >= 4 is 24.0 Å². The van der Waals surface area contributed by atoms with Crippen LogP contribution in [0.5, 0.6) is 0 Å². The number of halogens is 1. The maximum atomic E-state index is 12.2. The van der Waals surface area contributed by atoms with Gasteiger partial charge in [0.1, 0.15) is 5.69 Å². The molecule has 1 fully saturated rings. The number of anilines is 1. The molecule has 19 heavy (non-hydrogen) atoms. The minimum Gasteiger partial charge on any atom is -0.397 e. The summed E-state index contributed by atoms with van der Waals surface area (Å²) < 4.78 is 0. The van der Waals surface area contributed by atoms with Crippen LogP contribution in [0.2, 0.25) is 0 Å². The summed E-state index contributed by atoms with van der Waals surface area (Å²) in [6.07, 6.45) is 7.95. The van der Waals surface area contributed by atoms with Gasteiger partial charge >= 0.3 is 0 Å². The average Bonchev–Trinajstić information content (AvgIpc) is 2.40. The summed E-state index contributed by atoms with van der Waals surface area (Å²) in [4.78, 5) is 18.0. The Morgan fingerprint density at radius 2 is 2.05 bits per heavy atom. The molecular formula is C14H22ClN3O. The highest BCUT2D eigenvalue weighted by Gasteiger charge is 2.19. The van der Waals surface area contributed by atoms with Crippen LogP contribution in [0.4, 0.5) is 5.69 Å². The van der Waals surface area contributed by atoms with Crippen LogP contribution >= 0.6 is 12.4 Å². The number of carbonyl (C=O) groups excluding carboxylic acids is 1. The molecular weight excluding hydrogens is 262 g/mol. The number of nitrogens with two attached hydrogens (primary N) is 1. The largest absolute Gasteiger partial charge is 0.397 e. The molecule has 1 aliphatic carbocycles. The van der Waals surface area contributed by atoms with E-state index in [1.165, 1.54) is 38.3 Å². The van der Waals surface area contributed by atoms with Crippen molar-refractivity contribution in [3.8, 4) is 0 Å². The van der Waals surface area contributed by atoms with E-state index < -0.39 is 0 Å². The third-order valence-electron chi connectivity index (χ3n) is 3.61.